The number of likely N-dealkylation sites (N-methyl/N-ethyl adjacent to an activating group) is 2. The van der Waals surface area contributed by atoms with Crippen LogP contribution in [0.3, 0.4) is 0 Å². The second kappa shape index (κ2) is 5.71. The molecular weight excluding hydrogens is 231 g/mol. The fourth-order valence-electron chi connectivity index (χ4n) is 1.57. The van der Waals surface area contributed by atoms with E-state index in [1.807, 2.05) is 39.3 Å². The highest BCUT2D eigenvalue weighted by molar-refractivity contribution is 6.36. The van der Waals surface area contributed by atoms with Crippen LogP contribution in [0.4, 0.5) is 0 Å². The third-order valence-electron chi connectivity index (χ3n) is 2.35. The molecule has 0 aliphatic rings. The quantitative estimate of drug-likeness (QED) is 0.880. The molecule has 1 N–H and O–H groups in total. The van der Waals surface area contributed by atoms with E-state index in [-0.39, 0.29) is 6.04 Å². The van der Waals surface area contributed by atoms with Crippen LogP contribution in [-0.2, 0) is 0 Å². The van der Waals surface area contributed by atoms with E-state index in [2.05, 4.69) is 10.2 Å². The molecule has 0 bridgehead atoms. The van der Waals surface area contributed by atoms with Crippen LogP contribution >= 0.6 is 23.2 Å². The molecule has 0 heterocycles. The number of nitrogens with zero attached hydrogens (tertiary/aromatic N) is 1. The Balaban J connectivity index is 3.10. The molecule has 1 aromatic carbocycles. The molecule has 0 aliphatic heterocycles. The highest BCUT2D eigenvalue weighted by Gasteiger charge is 2.18. The third-order valence-corrected chi connectivity index (χ3v) is 3.01. The van der Waals surface area contributed by atoms with Gasteiger partial charge in [-0.25, -0.2) is 0 Å². The Hall–Kier alpha value is -0.280. The van der Waals surface area contributed by atoms with Crippen molar-refractivity contribution in [3.63, 3.8) is 0 Å². The summed E-state index contributed by atoms with van der Waals surface area (Å²) in [5, 5.41) is 4.58. The van der Waals surface area contributed by atoms with Gasteiger partial charge in [-0.05, 0) is 33.3 Å². The Labute approximate surface area is 101 Å². The largest absolute Gasteiger partial charge is 0.318 e. The van der Waals surface area contributed by atoms with Crippen LogP contribution in [-0.4, -0.2) is 32.6 Å². The first-order valence-corrected chi connectivity index (χ1v) is 5.58. The zero-order chi connectivity index (χ0) is 11.4. The normalized spacial score (nSPS) is 13.2. The summed E-state index contributed by atoms with van der Waals surface area (Å²) in [4.78, 5) is 2.10. The molecule has 84 valence electrons. The van der Waals surface area contributed by atoms with E-state index >= 15 is 0 Å². The van der Waals surface area contributed by atoms with Gasteiger partial charge >= 0.3 is 0 Å². The van der Waals surface area contributed by atoms with Crippen molar-refractivity contribution in [3.05, 3.63) is 33.8 Å². The molecule has 4 heteroatoms. The Morgan fingerprint density at radius 3 is 2.20 bits per heavy atom. The van der Waals surface area contributed by atoms with Gasteiger partial charge in [0.2, 0.25) is 0 Å². The van der Waals surface area contributed by atoms with Crippen molar-refractivity contribution in [1.82, 2.24) is 10.2 Å². The maximum absolute atomic E-state index is 6.17. The fraction of sp³-hybridized carbons (Fsp3) is 0.455. The minimum atomic E-state index is 0.191. The monoisotopic (exact) mass is 246 g/mol. The Morgan fingerprint density at radius 1 is 1.27 bits per heavy atom. The first kappa shape index (κ1) is 12.8. The van der Waals surface area contributed by atoms with Gasteiger partial charge in [-0.3, -0.25) is 0 Å². The van der Waals surface area contributed by atoms with Crippen LogP contribution in [0.15, 0.2) is 18.2 Å². The lowest BCUT2D eigenvalue weighted by atomic mass is 10.1. The van der Waals surface area contributed by atoms with Gasteiger partial charge in [-0.15, -0.1) is 0 Å². The van der Waals surface area contributed by atoms with E-state index in [0.717, 1.165) is 22.2 Å². The molecule has 0 fully saturated rings. The summed E-state index contributed by atoms with van der Waals surface area (Å²) in [6.07, 6.45) is 0. The summed E-state index contributed by atoms with van der Waals surface area (Å²) < 4.78 is 0. The molecule has 0 aromatic heterocycles. The number of halogens is 2. The lowest BCUT2D eigenvalue weighted by Crippen LogP contribution is -2.29. The standard InChI is InChI=1S/C11H16Cl2N2/c1-14-7-10(15(2)3)11-8(12)5-4-6-9(11)13/h4-6,10,14H,7H2,1-3H3. The molecule has 2 nitrogen and oxygen atoms in total. The van der Waals surface area contributed by atoms with Gasteiger partial charge in [0.05, 0.1) is 0 Å². The number of rotatable bonds is 4. The lowest BCUT2D eigenvalue weighted by Gasteiger charge is -2.26. The molecule has 0 saturated heterocycles. The summed E-state index contributed by atoms with van der Waals surface area (Å²) in [6.45, 7) is 0.816. The minimum absolute atomic E-state index is 0.191. The Bertz CT molecular complexity index is 306. The smallest absolute Gasteiger partial charge is 0.0496 e. The number of hydrogen-bond donors (Lipinski definition) is 1. The molecule has 1 unspecified atom stereocenters. The van der Waals surface area contributed by atoms with Crippen molar-refractivity contribution in [2.45, 2.75) is 6.04 Å². The van der Waals surface area contributed by atoms with Crippen LogP contribution < -0.4 is 5.32 Å². The van der Waals surface area contributed by atoms with E-state index in [9.17, 15) is 0 Å². The van der Waals surface area contributed by atoms with Crippen LogP contribution in [0.2, 0.25) is 10.0 Å². The summed E-state index contributed by atoms with van der Waals surface area (Å²) in [7, 11) is 5.95. The van der Waals surface area contributed by atoms with Crippen molar-refractivity contribution < 1.29 is 0 Å². The molecule has 0 amide bonds. The number of nitrogens with one attached hydrogen (secondary N) is 1. The van der Waals surface area contributed by atoms with Gasteiger partial charge in [0, 0.05) is 28.2 Å². The Kier molecular flexibility index (Phi) is 4.87. The van der Waals surface area contributed by atoms with Gasteiger partial charge < -0.3 is 10.2 Å². The molecule has 1 atom stereocenters. The summed E-state index contributed by atoms with van der Waals surface area (Å²) in [5.74, 6) is 0. The van der Waals surface area contributed by atoms with Crippen molar-refractivity contribution in [3.8, 4) is 0 Å². The van der Waals surface area contributed by atoms with Crippen molar-refractivity contribution in [2.24, 2.45) is 0 Å². The molecule has 1 aromatic rings. The van der Waals surface area contributed by atoms with Gasteiger partial charge in [-0.1, -0.05) is 29.3 Å². The topological polar surface area (TPSA) is 15.3 Å². The zero-order valence-corrected chi connectivity index (χ0v) is 10.7. The molecule has 0 saturated carbocycles. The van der Waals surface area contributed by atoms with Gasteiger partial charge in [0.1, 0.15) is 0 Å². The maximum Gasteiger partial charge on any atom is 0.0496 e. The average molecular weight is 247 g/mol. The highest BCUT2D eigenvalue weighted by atomic mass is 35.5. The summed E-state index contributed by atoms with van der Waals surface area (Å²) >= 11 is 12.3. The van der Waals surface area contributed by atoms with Crippen molar-refractivity contribution in [2.75, 3.05) is 27.7 Å². The minimum Gasteiger partial charge on any atom is -0.318 e. The first-order chi connectivity index (χ1) is 7.07. The fourth-order valence-corrected chi connectivity index (χ4v) is 2.21. The predicted molar refractivity (Wildman–Crippen MR) is 66.8 cm³/mol. The van der Waals surface area contributed by atoms with E-state index < -0.39 is 0 Å². The molecule has 15 heavy (non-hydrogen) atoms. The van der Waals surface area contributed by atoms with Crippen molar-refractivity contribution in [1.29, 1.82) is 0 Å². The molecule has 0 radical (unpaired) electrons. The Morgan fingerprint density at radius 2 is 1.80 bits per heavy atom. The summed E-state index contributed by atoms with van der Waals surface area (Å²) in [5.41, 5.74) is 0.986. The number of benzene rings is 1. The second-order valence-electron chi connectivity index (χ2n) is 3.67. The van der Waals surface area contributed by atoms with Crippen LogP contribution in [0.25, 0.3) is 0 Å². The third kappa shape index (κ3) is 3.08. The van der Waals surface area contributed by atoms with E-state index in [1.54, 1.807) is 0 Å². The van der Waals surface area contributed by atoms with Crippen LogP contribution in [0, 0.1) is 0 Å². The zero-order valence-electron chi connectivity index (χ0n) is 9.22. The average Bonchev–Trinajstić information content (AvgIpc) is 2.15. The SMILES string of the molecule is CNCC(c1c(Cl)cccc1Cl)N(C)C. The molecular formula is C11H16Cl2N2. The number of hydrogen-bond acceptors (Lipinski definition) is 2. The van der Waals surface area contributed by atoms with Crippen LogP contribution in [0.5, 0.6) is 0 Å². The van der Waals surface area contributed by atoms with E-state index in [4.69, 9.17) is 23.2 Å². The van der Waals surface area contributed by atoms with E-state index in [1.165, 1.54) is 0 Å². The second-order valence-corrected chi connectivity index (χ2v) is 4.49. The van der Waals surface area contributed by atoms with Crippen molar-refractivity contribution >= 4 is 23.2 Å². The highest BCUT2D eigenvalue weighted by Crippen LogP contribution is 2.32. The van der Waals surface area contributed by atoms with Gasteiger partial charge in [0.25, 0.3) is 0 Å². The first-order valence-electron chi connectivity index (χ1n) is 4.83. The summed E-state index contributed by atoms with van der Waals surface area (Å²) in [6, 6.07) is 5.79. The molecule has 0 spiro atoms. The van der Waals surface area contributed by atoms with Gasteiger partial charge in [-0.2, -0.15) is 0 Å². The van der Waals surface area contributed by atoms with E-state index in [0.29, 0.717) is 0 Å². The van der Waals surface area contributed by atoms with Crippen LogP contribution in [0.1, 0.15) is 11.6 Å². The predicted octanol–water partition coefficient (Wildman–Crippen LogP) is 2.82. The van der Waals surface area contributed by atoms with Gasteiger partial charge in [0.15, 0.2) is 0 Å². The molecule has 1 rings (SSSR count). The lowest BCUT2D eigenvalue weighted by molar-refractivity contribution is 0.294. The maximum atomic E-state index is 6.17. The molecule has 0 aliphatic carbocycles.